The van der Waals surface area contributed by atoms with Crippen LogP contribution in [0.2, 0.25) is 0 Å². The van der Waals surface area contributed by atoms with E-state index in [1.54, 1.807) is 0 Å². The smallest absolute Gasteiger partial charge is 0.434 e. The number of carboxylic acids is 1. The zero-order valence-corrected chi connectivity index (χ0v) is 8.59. The molecule has 0 aliphatic heterocycles. The van der Waals surface area contributed by atoms with Crippen LogP contribution in [0.25, 0.3) is 5.82 Å². The Hall–Kier alpha value is -2.45. The maximum Gasteiger partial charge on any atom is 0.434 e. The first-order valence-electron chi connectivity index (χ1n) is 4.56. The lowest BCUT2D eigenvalue weighted by molar-refractivity contribution is -0.143. The number of carbonyl (C=O) groups is 1. The Kier molecular flexibility index (Phi) is 2.73. The molecule has 0 aliphatic rings. The number of nitrogens with zero attached hydrogens (tertiary/aromatic N) is 4. The molecule has 0 radical (unpaired) electrons. The van der Waals surface area contributed by atoms with Gasteiger partial charge < -0.3 is 5.11 Å². The third-order valence-corrected chi connectivity index (χ3v) is 2.03. The van der Waals surface area contributed by atoms with Gasteiger partial charge in [-0.05, 0) is 0 Å². The Morgan fingerprint density at radius 3 is 2.50 bits per heavy atom. The van der Waals surface area contributed by atoms with Crippen molar-refractivity contribution in [3.63, 3.8) is 0 Å². The predicted molar refractivity (Wildman–Crippen MR) is 51.1 cm³/mol. The van der Waals surface area contributed by atoms with Crippen molar-refractivity contribution in [1.29, 1.82) is 0 Å². The van der Waals surface area contributed by atoms with E-state index in [-0.39, 0.29) is 5.82 Å². The summed E-state index contributed by atoms with van der Waals surface area (Å²) < 4.78 is 38.8. The average molecular weight is 258 g/mol. The third kappa shape index (κ3) is 2.01. The molecule has 2 aromatic heterocycles. The van der Waals surface area contributed by atoms with E-state index in [1.807, 2.05) is 0 Å². The molecule has 1 N–H and O–H groups in total. The highest BCUT2D eigenvalue weighted by Crippen LogP contribution is 2.33. The fraction of sp³-hybridized carbons (Fsp3) is 0.111. The highest BCUT2D eigenvalue weighted by molar-refractivity contribution is 5.89. The Balaban J connectivity index is 2.67. The molecule has 0 saturated carbocycles. The molecule has 0 saturated heterocycles. The lowest BCUT2D eigenvalue weighted by atomic mass is 10.2. The van der Waals surface area contributed by atoms with Crippen molar-refractivity contribution < 1.29 is 23.1 Å². The van der Waals surface area contributed by atoms with Gasteiger partial charge in [0.25, 0.3) is 0 Å². The number of hydrogen-bond donors (Lipinski definition) is 1. The maximum atomic E-state index is 12.8. The number of alkyl halides is 3. The highest BCUT2D eigenvalue weighted by atomic mass is 19.4. The fourth-order valence-electron chi connectivity index (χ4n) is 1.35. The Morgan fingerprint density at radius 2 is 2.00 bits per heavy atom. The van der Waals surface area contributed by atoms with Gasteiger partial charge in [-0.1, -0.05) is 0 Å². The highest BCUT2D eigenvalue weighted by Gasteiger charge is 2.40. The van der Waals surface area contributed by atoms with Crippen LogP contribution in [0.15, 0.2) is 24.8 Å². The van der Waals surface area contributed by atoms with Crippen LogP contribution in [-0.4, -0.2) is 30.8 Å². The monoisotopic (exact) mass is 258 g/mol. The Morgan fingerprint density at radius 1 is 1.28 bits per heavy atom. The van der Waals surface area contributed by atoms with Gasteiger partial charge in [-0.3, -0.25) is 4.98 Å². The summed E-state index contributed by atoms with van der Waals surface area (Å²) >= 11 is 0. The normalized spacial score (nSPS) is 11.5. The van der Waals surface area contributed by atoms with Crippen molar-refractivity contribution in [2.45, 2.75) is 6.18 Å². The van der Waals surface area contributed by atoms with Crippen molar-refractivity contribution >= 4 is 5.97 Å². The molecule has 2 rings (SSSR count). The summed E-state index contributed by atoms with van der Waals surface area (Å²) in [5.41, 5.74) is -2.33. The predicted octanol–water partition coefficient (Wildman–Crippen LogP) is 1.38. The molecule has 0 spiro atoms. The largest absolute Gasteiger partial charge is 0.478 e. The van der Waals surface area contributed by atoms with Crippen molar-refractivity contribution in [1.82, 2.24) is 19.7 Å². The lowest BCUT2D eigenvalue weighted by Crippen LogP contribution is -2.18. The van der Waals surface area contributed by atoms with Crippen molar-refractivity contribution in [2.75, 3.05) is 0 Å². The number of carboxylic acid groups (broad SMARTS) is 1. The average Bonchev–Trinajstić information content (AvgIpc) is 2.74. The molecule has 0 aromatic carbocycles. The second kappa shape index (κ2) is 4.09. The van der Waals surface area contributed by atoms with Gasteiger partial charge in [0.15, 0.2) is 11.5 Å². The van der Waals surface area contributed by atoms with E-state index in [1.165, 1.54) is 12.4 Å². The summed E-state index contributed by atoms with van der Waals surface area (Å²) in [5, 5.41) is 12.1. The van der Waals surface area contributed by atoms with Crippen LogP contribution < -0.4 is 0 Å². The molecule has 9 heteroatoms. The first kappa shape index (κ1) is 12.0. The van der Waals surface area contributed by atoms with E-state index in [2.05, 4.69) is 15.1 Å². The first-order chi connectivity index (χ1) is 8.41. The topological polar surface area (TPSA) is 80.9 Å². The molecule has 0 atom stereocenters. The minimum absolute atomic E-state index is 0.211. The van der Waals surface area contributed by atoms with Crippen molar-refractivity contribution in [3.8, 4) is 5.82 Å². The van der Waals surface area contributed by atoms with Crippen LogP contribution >= 0.6 is 0 Å². The number of rotatable bonds is 2. The van der Waals surface area contributed by atoms with E-state index in [0.717, 1.165) is 6.20 Å². The summed E-state index contributed by atoms with van der Waals surface area (Å²) in [4.78, 5) is 18.0. The minimum Gasteiger partial charge on any atom is -0.478 e. The van der Waals surface area contributed by atoms with Crippen LogP contribution in [0, 0.1) is 0 Å². The zero-order chi connectivity index (χ0) is 13.3. The van der Waals surface area contributed by atoms with E-state index >= 15 is 0 Å². The molecule has 6 nitrogen and oxygen atoms in total. The van der Waals surface area contributed by atoms with Gasteiger partial charge in [-0.15, -0.1) is 0 Å². The molecular weight excluding hydrogens is 253 g/mol. The summed E-state index contributed by atoms with van der Waals surface area (Å²) in [5.74, 6) is -1.92. The van der Waals surface area contributed by atoms with Crippen LogP contribution in [0.5, 0.6) is 0 Å². The Bertz CT molecular complexity index is 579. The molecule has 0 aliphatic carbocycles. The summed E-state index contributed by atoms with van der Waals surface area (Å²) in [6.45, 7) is 0. The van der Waals surface area contributed by atoms with E-state index in [9.17, 15) is 18.0 Å². The van der Waals surface area contributed by atoms with Gasteiger partial charge in [0.2, 0.25) is 0 Å². The van der Waals surface area contributed by atoms with Crippen LogP contribution in [0.3, 0.4) is 0 Å². The van der Waals surface area contributed by atoms with Crippen LogP contribution in [-0.2, 0) is 6.18 Å². The van der Waals surface area contributed by atoms with Crippen LogP contribution in [0.1, 0.15) is 16.1 Å². The van der Waals surface area contributed by atoms with Gasteiger partial charge in [-0.2, -0.15) is 18.3 Å². The second-order valence-corrected chi connectivity index (χ2v) is 3.19. The van der Waals surface area contributed by atoms with E-state index in [0.29, 0.717) is 10.9 Å². The number of aromatic nitrogens is 4. The van der Waals surface area contributed by atoms with E-state index < -0.39 is 23.4 Å². The zero-order valence-electron chi connectivity index (χ0n) is 8.59. The van der Waals surface area contributed by atoms with Gasteiger partial charge in [0, 0.05) is 12.4 Å². The van der Waals surface area contributed by atoms with E-state index in [4.69, 9.17) is 5.11 Å². The first-order valence-corrected chi connectivity index (χ1v) is 4.56. The number of hydrogen-bond acceptors (Lipinski definition) is 4. The van der Waals surface area contributed by atoms with Gasteiger partial charge in [0.05, 0.1) is 12.4 Å². The maximum absolute atomic E-state index is 12.8. The number of aromatic carboxylic acids is 1. The molecule has 0 fully saturated rings. The molecule has 94 valence electrons. The molecule has 2 aromatic rings. The fourth-order valence-corrected chi connectivity index (χ4v) is 1.35. The second-order valence-electron chi connectivity index (χ2n) is 3.19. The summed E-state index contributed by atoms with van der Waals surface area (Å²) in [7, 11) is 0. The van der Waals surface area contributed by atoms with Crippen molar-refractivity contribution in [3.05, 3.63) is 36.0 Å². The van der Waals surface area contributed by atoms with Gasteiger partial charge in [0.1, 0.15) is 5.56 Å². The van der Waals surface area contributed by atoms with Crippen molar-refractivity contribution in [2.24, 2.45) is 0 Å². The van der Waals surface area contributed by atoms with Gasteiger partial charge in [-0.25, -0.2) is 14.5 Å². The lowest BCUT2D eigenvalue weighted by Gasteiger charge is -2.10. The summed E-state index contributed by atoms with van der Waals surface area (Å²) in [6.07, 6.45) is -0.731. The van der Waals surface area contributed by atoms with Crippen LogP contribution in [0.4, 0.5) is 13.2 Å². The molecule has 18 heavy (non-hydrogen) atoms. The number of halogens is 3. The van der Waals surface area contributed by atoms with Gasteiger partial charge >= 0.3 is 12.1 Å². The third-order valence-electron chi connectivity index (χ3n) is 2.03. The molecule has 2 heterocycles. The summed E-state index contributed by atoms with van der Waals surface area (Å²) in [6, 6.07) is 0. The molecule has 0 amide bonds. The minimum atomic E-state index is -4.86. The quantitative estimate of drug-likeness (QED) is 0.880. The molecule has 0 bridgehead atoms. The standard InChI is InChI=1S/C9H5F3N4O2/c10-9(11,12)7-5(8(17)18)3-15-16(7)6-4-13-1-2-14-6/h1-4H,(H,17,18). The SMILES string of the molecule is O=C(O)c1cnn(-c2cnccn2)c1C(F)(F)F. The molecular formula is C9H5F3N4O2. The Labute approximate surface area is 97.7 Å². The molecule has 0 unspecified atom stereocenters.